The molecule has 1 aromatic carbocycles. The van der Waals surface area contributed by atoms with E-state index in [1.165, 1.54) is 13.8 Å². The van der Waals surface area contributed by atoms with Crippen LogP contribution in [0.25, 0.3) is 10.9 Å². The van der Waals surface area contributed by atoms with Gasteiger partial charge in [0.2, 0.25) is 0 Å². The molecule has 1 amide bonds. The van der Waals surface area contributed by atoms with Crippen molar-refractivity contribution in [2.45, 2.75) is 13.8 Å². The standard InChI is InChI=1S/C15H13ClN2O3/c1-8(9(2)15(20)21)14(19)18-12-6-5-11(16)13-10(12)4-3-7-17-13/h3-7H,1-2H3,(H,18,19)(H,20,21). The maximum Gasteiger partial charge on any atom is 0.331 e. The first-order valence-corrected chi connectivity index (χ1v) is 6.55. The molecule has 0 spiro atoms. The number of amides is 1. The van der Waals surface area contributed by atoms with Gasteiger partial charge in [-0.05, 0) is 38.1 Å². The van der Waals surface area contributed by atoms with Gasteiger partial charge >= 0.3 is 5.97 Å². The Hall–Kier alpha value is -2.40. The number of carbonyl (C=O) groups is 2. The van der Waals surface area contributed by atoms with Crippen LogP contribution in [0.2, 0.25) is 5.02 Å². The van der Waals surface area contributed by atoms with Crippen LogP contribution in [0.15, 0.2) is 41.6 Å². The predicted octanol–water partition coefficient (Wildman–Crippen LogP) is 3.25. The largest absolute Gasteiger partial charge is 0.478 e. The Kier molecular flexibility index (Phi) is 4.23. The summed E-state index contributed by atoms with van der Waals surface area (Å²) < 4.78 is 0. The van der Waals surface area contributed by atoms with Gasteiger partial charge in [0.1, 0.15) is 0 Å². The van der Waals surface area contributed by atoms with Crippen LogP contribution in [-0.4, -0.2) is 22.0 Å². The maximum atomic E-state index is 12.1. The minimum absolute atomic E-state index is 0.00361. The fourth-order valence-electron chi connectivity index (χ4n) is 1.79. The average Bonchev–Trinajstić information content (AvgIpc) is 2.48. The van der Waals surface area contributed by atoms with E-state index in [4.69, 9.17) is 16.7 Å². The minimum atomic E-state index is -1.12. The van der Waals surface area contributed by atoms with Crippen molar-refractivity contribution in [3.05, 3.63) is 46.6 Å². The Morgan fingerprint density at radius 2 is 1.90 bits per heavy atom. The zero-order valence-electron chi connectivity index (χ0n) is 11.5. The first kappa shape index (κ1) is 15.0. The van der Waals surface area contributed by atoms with Gasteiger partial charge < -0.3 is 10.4 Å². The molecule has 21 heavy (non-hydrogen) atoms. The number of hydrogen-bond acceptors (Lipinski definition) is 3. The molecule has 1 heterocycles. The Bertz CT molecular complexity index is 769. The highest BCUT2D eigenvalue weighted by Crippen LogP contribution is 2.28. The van der Waals surface area contributed by atoms with E-state index in [0.717, 1.165) is 0 Å². The van der Waals surface area contributed by atoms with Gasteiger partial charge in [0.25, 0.3) is 5.91 Å². The number of rotatable bonds is 3. The van der Waals surface area contributed by atoms with Crippen molar-refractivity contribution in [2.24, 2.45) is 0 Å². The number of aliphatic carboxylic acids is 1. The lowest BCUT2D eigenvalue weighted by Gasteiger charge is -2.10. The second-order valence-corrected chi connectivity index (χ2v) is 4.91. The molecule has 0 radical (unpaired) electrons. The van der Waals surface area contributed by atoms with Crippen LogP contribution >= 0.6 is 11.6 Å². The first-order chi connectivity index (χ1) is 9.91. The number of carbonyl (C=O) groups excluding carboxylic acids is 1. The number of benzene rings is 1. The molecule has 0 aliphatic heterocycles. The van der Waals surface area contributed by atoms with E-state index in [2.05, 4.69) is 10.3 Å². The summed E-state index contributed by atoms with van der Waals surface area (Å²) in [5, 5.41) is 12.8. The maximum absolute atomic E-state index is 12.1. The minimum Gasteiger partial charge on any atom is -0.478 e. The molecule has 2 N–H and O–H groups in total. The van der Waals surface area contributed by atoms with Gasteiger partial charge in [0, 0.05) is 22.7 Å². The molecule has 0 saturated carbocycles. The van der Waals surface area contributed by atoms with Crippen molar-refractivity contribution >= 4 is 40.1 Å². The highest BCUT2D eigenvalue weighted by atomic mass is 35.5. The summed E-state index contributed by atoms with van der Waals surface area (Å²) in [7, 11) is 0. The summed E-state index contributed by atoms with van der Waals surface area (Å²) in [6.45, 7) is 2.86. The molecule has 0 aliphatic carbocycles. The Labute approximate surface area is 126 Å². The zero-order valence-corrected chi connectivity index (χ0v) is 12.2. The molecule has 1 aromatic heterocycles. The van der Waals surface area contributed by atoms with E-state index in [-0.39, 0.29) is 11.1 Å². The fourth-order valence-corrected chi connectivity index (χ4v) is 2.01. The molecule has 2 rings (SSSR count). The van der Waals surface area contributed by atoms with Gasteiger partial charge in [0.05, 0.1) is 16.2 Å². The number of aromatic nitrogens is 1. The number of nitrogens with zero attached hydrogens (tertiary/aromatic N) is 1. The first-order valence-electron chi connectivity index (χ1n) is 6.17. The highest BCUT2D eigenvalue weighted by molar-refractivity contribution is 6.35. The smallest absolute Gasteiger partial charge is 0.331 e. The summed E-state index contributed by atoms with van der Waals surface area (Å²) in [6.07, 6.45) is 1.61. The SMILES string of the molecule is CC(C(=O)O)=C(C)C(=O)Nc1ccc(Cl)c2ncccc12. The predicted molar refractivity (Wildman–Crippen MR) is 81.4 cm³/mol. The van der Waals surface area contributed by atoms with E-state index in [9.17, 15) is 9.59 Å². The lowest BCUT2D eigenvalue weighted by Crippen LogP contribution is -2.16. The lowest BCUT2D eigenvalue weighted by atomic mass is 10.1. The second kappa shape index (κ2) is 5.93. The van der Waals surface area contributed by atoms with Crippen molar-refractivity contribution in [1.82, 2.24) is 4.98 Å². The molecule has 0 atom stereocenters. The summed E-state index contributed by atoms with van der Waals surface area (Å²) in [5.74, 6) is -1.59. The van der Waals surface area contributed by atoms with Gasteiger partial charge in [-0.25, -0.2) is 4.79 Å². The normalized spacial score (nSPS) is 12.0. The van der Waals surface area contributed by atoms with Gasteiger partial charge in [-0.3, -0.25) is 9.78 Å². The van der Waals surface area contributed by atoms with E-state index >= 15 is 0 Å². The molecular formula is C15H13ClN2O3. The third-order valence-electron chi connectivity index (χ3n) is 3.19. The molecule has 5 nitrogen and oxygen atoms in total. The molecule has 0 aliphatic rings. The Balaban J connectivity index is 2.42. The number of fused-ring (bicyclic) bond motifs is 1. The van der Waals surface area contributed by atoms with E-state index in [0.29, 0.717) is 21.6 Å². The number of hydrogen-bond donors (Lipinski definition) is 2. The molecule has 0 bridgehead atoms. The highest BCUT2D eigenvalue weighted by Gasteiger charge is 2.14. The van der Waals surface area contributed by atoms with Gasteiger partial charge in [-0.1, -0.05) is 11.6 Å². The van der Waals surface area contributed by atoms with Crippen molar-refractivity contribution < 1.29 is 14.7 Å². The van der Waals surface area contributed by atoms with Crippen molar-refractivity contribution in [1.29, 1.82) is 0 Å². The van der Waals surface area contributed by atoms with Crippen LogP contribution in [0.4, 0.5) is 5.69 Å². The molecule has 6 heteroatoms. The van der Waals surface area contributed by atoms with E-state index in [1.54, 1.807) is 30.5 Å². The van der Waals surface area contributed by atoms with Crippen molar-refractivity contribution in [3.63, 3.8) is 0 Å². The van der Waals surface area contributed by atoms with Crippen molar-refractivity contribution in [2.75, 3.05) is 5.32 Å². The third kappa shape index (κ3) is 3.03. The number of pyridine rings is 1. The van der Waals surface area contributed by atoms with Crippen LogP contribution in [0.3, 0.4) is 0 Å². The lowest BCUT2D eigenvalue weighted by molar-refractivity contribution is -0.133. The number of carboxylic acids is 1. The quantitative estimate of drug-likeness (QED) is 0.853. The average molecular weight is 305 g/mol. The zero-order chi connectivity index (χ0) is 15.6. The molecule has 108 valence electrons. The molecule has 0 fully saturated rings. The number of anilines is 1. The van der Waals surface area contributed by atoms with E-state index in [1.807, 2.05) is 0 Å². The topological polar surface area (TPSA) is 79.3 Å². The Morgan fingerprint density at radius 1 is 1.19 bits per heavy atom. The number of carboxylic acid groups (broad SMARTS) is 1. The third-order valence-corrected chi connectivity index (χ3v) is 3.50. The van der Waals surface area contributed by atoms with Crippen LogP contribution in [0, 0.1) is 0 Å². The van der Waals surface area contributed by atoms with Gasteiger partial charge in [-0.2, -0.15) is 0 Å². The fraction of sp³-hybridized carbons (Fsp3) is 0.133. The number of nitrogens with one attached hydrogen (secondary N) is 1. The summed E-state index contributed by atoms with van der Waals surface area (Å²) in [4.78, 5) is 27.2. The second-order valence-electron chi connectivity index (χ2n) is 4.50. The molecular weight excluding hydrogens is 292 g/mol. The van der Waals surface area contributed by atoms with Gasteiger partial charge in [-0.15, -0.1) is 0 Å². The van der Waals surface area contributed by atoms with Crippen LogP contribution in [0.1, 0.15) is 13.8 Å². The monoisotopic (exact) mass is 304 g/mol. The van der Waals surface area contributed by atoms with Crippen molar-refractivity contribution in [3.8, 4) is 0 Å². The van der Waals surface area contributed by atoms with Gasteiger partial charge in [0.15, 0.2) is 0 Å². The summed E-state index contributed by atoms with van der Waals surface area (Å²) >= 11 is 6.06. The molecule has 0 unspecified atom stereocenters. The summed E-state index contributed by atoms with van der Waals surface area (Å²) in [5.41, 5.74) is 1.26. The molecule has 2 aromatic rings. The van der Waals surface area contributed by atoms with Crippen LogP contribution in [0.5, 0.6) is 0 Å². The number of halogens is 1. The van der Waals surface area contributed by atoms with Crippen LogP contribution in [-0.2, 0) is 9.59 Å². The van der Waals surface area contributed by atoms with Crippen LogP contribution < -0.4 is 5.32 Å². The summed E-state index contributed by atoms with van der Waals surface area (Å²) in [6, 6.07) is 6.82. The van der Waals surface area contributed by atoms with E-state index < -0.39 is 11.9 Å². The Morgan fingerprint density at radius 3 is 2.57 bits per heavy atom. The molecule has 0 saturated heterocycles.